The number of aromatic nitrogens is 2. The SMILES string of the molecule is Clc1ccc(CBr)c(N2CCn3ccnc3C2)c1. The molecule has 1 aliphatic rings. The molecule has 94 valence electrons. The first-order chi connectivity index (χ1) is 8.78. The zero-order valence-corrected chi connectivity index (χ0v) is 12.2. The maximum Gasteiger partial charge on any atom is 0.128 e. The third-order valence-corrected chi connectivity index (χ3v) is 4.12. The highest BCUT2D eigenvalue weighted by Gasteiger charge is 2.19. The maximum atomic E-state index is 6.11. The van der Waals surface area contributed by atoms with Crippen LogP contribution in [0.5, 0.6) is 0 Å². The molecule has 1 aliphatic heterocycles. The van der Waals surface area contributed by atoms with Gasteiger partial charge in [0, 0.05) is 41.5 Å². The second-order valence-corrected chi connectivity index (χ2v) is 5.36. The second-order valence-electron chi connectivity index (χ2n) is 4.37. The van der Waals surface area contributed by atoms with E-state index in [0.717, 1.165) is 35.8 Å². The number of nitrogens with zero attached hydrogens (tertiary/aromatic N) is 3. The number of fused-ring (bicyclic) bond motifs is 1. The molecule has 0 spiro atoms. The molecule has 2 heterocycles. The summed E-state index contributed by atoms with van der Waals surface area (Å²) in [7, 11) is 0. The Labute approximate surface area is 120 Å². The molecule has 2 aromatic rings. The molecule has 0 saturated heterocycles. The molecule has 0 saturated carbocycles. The number of benzene rings is 1. The number of hydrogen-bond donors (Lipinski definition) is 0. The van der Waals surface area contributed by atoms with Crippen LogP contribution < -0.4 is 4.90 Å². The zero-order chi connectivity index (χ0) is 12.5. The van der Waals surface area contributed by atoms with E-state index in [9.17, 15) is 0 Å². The highest BCUT2D eigenvalue weighted by atomic mass is 79.9. The van der Waals surface area contributed by atoms with Crippen molar-refractivity contribution in [1.29, 1.82) is 0 Å². The maximum absolute atomic E-state index is 6.11. The van der Waals surface area contributed by atoms with Crippen LogP contribution in [0.1, 0.15) is 11.4 Å². The number of anilines is 1. The van der Waals surface area contributed by atoms with Crippen molar-refractivity contribution >= 4 is 33.2 Å². The summed E-state index contributed by atoms with van der Waals surface area (Å²) in [5, 5.41) is 1.62. The summed E-state index contributed by atoms with van der Waals surface area (Å²) in [6, 6.07) is 6.05. The molecule has 0 atom stereocenters. The van der Waals surface area contributed by atoms with E-state index >= 15 is 0 Å². The van der Waals surface area contributed by atoms with Crippen LogP contribution in [-0.2, 0) is 18.4 Å². The highest BCUT2D eigenvalue weighted by Crippen LogP contribution is 2.29. The van der Waals surface area contributed by atoms with Crippen LogP contribution in [0.4, 0.5) is 5.69 Å². The van der Waals surface area contributed by atoms with Crippen molar-refractivity contribution in [3.05, 3.63) is 47.0 Å². The average Bonchev–Trinajstić information content (AvgIpc) is 2.85. The van der Waals surface area contributed by atoms with Gasteiger partial charge in [0.25, 0.3) is 0 Å². The monoisotopic (exact) mass is 325 g/mol. The first-order valence-electron chi connectivity index (χ1n) is 5.87. The van der Waals surface area contributed by atoms with Crippen LogP contribution in [0, 0.1) is 0 Å². The van der Waals surface area contributed by atoms with Gasteiger partial charge in [0.05, 0.1) is 6.54 Å². The molecule has 1 aromatic carbocycles. The van der Waals surface area contributed by atoms with Crippen molar-refractivity contribution in [3.8, 4) is 0 Å². The van der Waals surface area contributed by atoms with E-state index in [0.29, 0.717) is 0 Å². The van der Waals surface area contributed by atoms with Gasteiger partial charge < -0.3 is 9.47 Å². The molecule has 0 bridgehead atoms. The lowest BCUT2D eigenvalue weighted by molar-refractivity contribution is 0.559. The van der Waals surface area contributed by atoms with Gasteiger partial charge in [-0.1, -0.05) is 33.6 Å². The quantitative estimate of drug-likeness (QED) is 0.788. The summed E-state index contributed by atoms with van der Waals surface area (Å²) in [5.41, 5.74) is 2.47. The van der Waals surface area contributed by atoms with Crippen LogP contribution in [-0.4, -0.2) is 16.1 Å². The average molecular weight is 327 g/mol. The Morgan fingerprint density at radius 1 is 1.33 bits per heavy atom. The van der Waals surface area contributed by atoms with Crippen LogP contribution in [0.15, 0.2) is 30.6 Å². The molecular weight excluding hydrogens is 314 g/mol. The van der Waals surface area contributed by atoms with Crippen molar-refractivity contribution in [2.24, 2.45) is 0 Å². The smallest absolute Gasteiger partial charge is 0.128 e. The van der Waals surface area contributed by atoms with E-state index in [1.165, 1.54) is 11.3 Å². The summed E-state index contributed by atoms with van der Waals surface area (Å²) >= 11 is 9.64. The summed E-state index contributed by atoms with van der Waals surface area (Å²) in [4.78, 5) is 6.73. The Hall–Kier alpha value is -1.00. The van der Waals surface area contributed by atoms with Gasteiger partial charge in [-0.2, -0.15) is 0 Å². The lowest BCUT2D eigenvalue weighted by Crippen LogP contribution is -2.34. The molecule has 1 aromatic heterocycles. The third-order valence-electron chi connectivity index (χ3n) is 3.28. The fraction of sp³-hybridized carbons (Fsp3) is 0.308. The van der Waals surface area contributed by atoms with Crippen molar-refractivity contribution < 1.29 is 0 Å². The van der Waals surface area contributed by atoms with Gasteiger partial charge >= 0.3 is 0 Å². The molecule has 18 heavy (non-hydrogen) atoms. The highest BCUT2D eigenvalue weighted by molar-refractivity contribution is 9.08. The molecular formula is C13H13BrClN3. The number of hydrogen-bond acceptors (Lipinski definition) is 2. The standard InChI is InChI=1S/C13H13BrClN3/c14-8-10-1-2-11(15)7-12(10)18-6-5-17-4-3-16-13(17)9-18/h1-4,7H,5-6,8-9H2. The topological polar surface area (TPSA) is 21.1 Å². The predicted octanol–water partition coefficient (Wildman–Crippen LogP) is 3.45. The molecule has 0 radical (unpaired) electrons. The number of alkyl halides is 1. The molecule has 3 nitrogen and oxygen atoms in total. The Balaban J connectivity index is 1.94. The Bertz CT molecular complexity index is 567. The summed E-state index contributed by atoms with van der Waals surface area (Å²) in [6.45, 7) is 2.81. The van der Waals surface area contributed by atoms with Crippen LogP contribution in [0.3, 0.4) is 0 Å². The van der Waals surface area contributed by atoms with Crippen molar-refractivity contribution in [2.45, 2.75) is 18.4 Å². The van der Waals surface area contributed by atoms with E-state index in [4.69, 9.17) is 11.6 Å². The molecule has 0 amide bonds. The summed E-state index contributed by atoms with van der Waals surface area (Å²) in [6.07, 6.45) is 3.90. The first kappa shape index (κ1) is 12.1. The third kappa shape index (κ3) is 2.15. The van der Waals surface area contributed by atoms with Crippen molar-refractivity contribution in [2.75, 3.05) is 11.4 Å². The fourth-order valence-electron chi connectivity index (χ4n) is 2.32. The minimum Gasteiger partial charge on any atom is -0.362 e. The largest absolute Gasteiger partial charge is 0.362 e. The van der Waals surface area contributed by atoms with Crippen molar-refractivity contribution in [3.63, 3.8) is 0 Å². The van der Waals surface area contributed by atoms with Crippen LogP contribution in [0.25, 0.3) is 0 Å². The van der Waals surface area contributed by atoms with Gasteiger partial charge in [-0.25, -0.2) is 4.98 Å². The molecule has 0 fully saturated rings. The van der Waals surface area contributed by atoms with Gasteiger partial charge in [-0.15, -0.1) is 0 Å². The number of halogens is 2. The number of rotatable bonds is 2. The minimum atomic E-state index is 0.781. The molecule has 0 N–H and O–H groups in total. The van der Waals surface area contributed by atoms with Gasteiger partial charge in [0.15, 0.2) is 0 Å². The van der Waals surface area contributed by atoms with E-state index in [1.807, 2.05) is 24.5 Å². The molecule has 0 aliphatic carbocycles. The second kappa shape index (κ2) is 4.94. The van der Waals surface area contributed by atoms with Gasteiger partial charge in [-0.05, 0) is 17.7 Å². The summed E-state index contributed by atoms with van der Waals surface area (Å²) < 4.78 is 2.20. The Morgan fingerprint density at radius 3 is 3.06 bits per heavy atom. The van der Waals surface area contributed by atoms with Gasteiger partial charge in [0.1, 0.15) is 5.82 Å². The minimum absolute atomic E-state index is 0.781. The molecule has 5 heteroatoms. The van der Waals surface area contributed by atoms with Gasteiger partial charge in [-0.3, -0.25) is 0 Å². The Kier molecular flexibility index (Phi) is 3.31. The first-order valence-corrected chi connectivity index (χ1v) is 7.37. The van der Waals surface area contributed by atoms with Crippen LogP contribution >= 0.6 is 27.5 Å². The molecule has 3 rings (SSSR count). The van der Waals surface area contributed by atoms with E-state index in [2.05, 4.69) is 36.4 Å². The zero-order valence-electron chi connectivity index (χ0n) is 9.81. The van der Waals surface area contributed by atoms with Crippen molar-refractivity contribution in [1.82, 2.24) is 9.55 Å². The number of imidazole rings is 1. The Morgan fingerprint density at radius 2 is 2.22 bits per heavy atom. The predicted molar refractivity (Wildman–Crippen MR) is 77.4 cm³/mol. The fourth-order valence-corrected chi connectivity index (χ4v) is 2.96. The normalized spacial score (nSPS) is 14.7. The van der Waals surface area contributed by atoms with E-state index in [1.54, 1.807) is 0 Å². The lowest BCUT2D eigenvalue weighted by Gasteiger charge is -2.31. The summed E-state index contributed by atoms with van der Waals surface area (Å²) in [5.74, 6) is 1.11. The van der Waals surface area contributed by atoms with Gasteiger partial charge in [0.2, 0.25) is 0 Å². The molecule has 0 unspecified atom stereocenters. The van der Waals surface area contributed by atoms with E-state index in [-0.39, 0.29) is 0 Å². The van der Waals surface area contributed by atoms with Crippen LogP contribution in [0.2, 0.25) is 5.02 Å². The van der Waals surface area contributed by atoms with E-state index < -0.39 is 0 Å². The lowest BCUT2D eigenvalue weighted by atomic mass is 10.1.